The number of hydrogen-bond donors (Lipinski definition) is 2. The maximum atomic E-state index is 12.4. The van der Waals surface area contributed by atoms with E-state index in [-0.39, 0.29) is 25.2 Å². The zero-order valence-electron chi connectivity index (χ0n) is 15.5. The molecule has 7 nitrogen and oxygen atoms in total. The lowest BCUT2D eigenvalue weighted by atomic mass is 10.2. The van der Waals surface area contributed by atoms with E-state index in [0.29, 0.717) is 17.9 Å². The highest BCUT2D eigenvalue weighted by Crippen LogP contribution is 2.32. The fourth-order valence-corrected chi connectivity index (χ4v) is 2.82. The van der Waals surface area contributed by atoms with Gasteiger partial charge in [0.05, 0.1) is 6.54 Å². The minimum atomic E-state index is -0.131. The van der Waals surface area contributed by atoms with E-state index in [9.17, 15) is 9.59 Å². The number of nitrogens with one attached hydrogen (secondary N) is 2. The maximum absolute atomic E-state index is 12.4. The van der Waals surface area contributed by atoms with E-state index in [1.165, 1.54) is 6.92 Å². The van der Waals surface area contributed by atoms with Crippen LogP contribution in [0, 0.1) is 0 Å². The molecule has 0 aromatic heterocycles. The Balaban J connectivity index is 1.54. The summed E-state index contributed by atoms with van der Waals surface area (Å²) >= 11 is 0. The second kappa shape index (κ2) is 8.55. The molecule has 0 atom stereocenters. The summed E-state index contributed by atoms with van der Waals surface area (Å²) in [4.78, 5) is 25.4. The van der Waals surface area contributed by atoms with Gasteiger partial charge in [0.25, 0.3) is 0 Å². The number of carbonyl (C=O) groups excluding carboxylic acids is 2. The molecule has 1 aliphatic rings. The van der Waals surface area contributed by atoms with Crippen molar-refractivity contribution in [3.05, 3.63) is 48.0 Å². The van der Waals surface area contributed by atoms with Gasteiger partial charge in [0.2, 0.25) is 18.6 Å². The topological polar surface area (TPSA) is 79.9 Å². The molecule has 2 aromatic rings. The number of likely N-dealkylation sites (N-methyl/N-ethyl adjacent to an activating group) is 1. The summed E-state index contributed by atoms with van der Waals surface area (Å²) in [6.07, 6.45) is 0. The molecule has 7 heteroatoms. The van der Waals surface area contributed by atoms with Gasteiger partial charge in [-0.1, -0.05) is 13.0 Å². The van der Waals surface area contributed by atoms with Gasteiger partial charge in [0, 0.05) is 24.8 Å². The van der Waals surface area contributed by atoms with Crippen molar-refractivity contribution in [2.45, 2.75) is 20.4 Å². The number of nitrogens with zero attached hydrogens (tertiary/aromatic N) is 1. The number of amides is 2. The van der Waals surface area contributed by atoms with Gasteiger partial charge < -0.3 is 20.1 Å². The van der Waals surface area contributed by atoms with Gasteiger partial charge in [-0.15, -0.1) is 0 Å². The number of hydrogen-bond acceptors (Lipinski definition) is 5. The number of benzene rings is 2. The average Bonchev–Trinajstić information content (AvgIpc) is 3.10. The minimum Gasteiger partial charge on any atom is -0.454 e. The number of rotatable bonds is 7. The van der Waals surface area contributed by atoms with Gasteiger partial charge in [0.15, 0.2) is 11.5 Å². The molecular formula is C20H23N3O4. The molecule has 0 saturated heterocycles. The molecule has 0 radical (unpaired) electrons. The van der Waals surface area contributed by atoms with E-state index >= 15 is 0 Å². The molecule has 142 valence electrons. The third kappa shape index (κ3) is 5.21. The lowest BCUT2D eigenvalue weighted by Crippen LogP contribution is -2.32. The van der Waals surface area contributed by atoms with Crippen LogP contribution in [0.15, 0.2) is 42.5 Å². The lowest BCUT2D eigenvalue weighted by molar-refractivity contribution is -0.117. The first-order valence-electron chi connectivity index (χ1n) is 8.82. The van der Waals surface area contributed by atoms with E-state index in [2.05, 4.69) is 10.6 Å². The van der Waals surface area contributed by atoms with Gasteiger partial charge in [-0.2, -0.15) is 0 Å². The first kappa shape index (κ1) is 18.7. The summed E-state index contributed by atoms with van der Waals surface area (Å²) in [5, 5.41) is 5.57. The van der Waals surface area contributed by atoms with Gasteiger partial charge in [-0.05, 0) is 48.5 Å². The number of fused-ring (bicyclic) bond motifs is 1. The Kier molecular flexibility index (Phi) is 5.93. The summed E-state index contributed by atoms with van der Waals surface area (Å²) in [6.45, 7) is 5.38. The standard InChI is InChI=1S/C20H23N3O4/c1-3-23(11-15-4-9-18-19(10-15)27-13-26-18)12-20(25)22-17-7-5-16(6-8-17)21-14(2)24/h4-10H,3,11-13H2,1-2H3,(H,21,24)(H,22,25). The van der Waals surface area contributed by atoms with Crippen LogP contribution in [0.2, 0.25) is 0 Å². The minimum absolute atomic E-state index is 0.0927. The Hall–Kier alpha value is -3.06. The normalized spacial score (nSPS) is 12.1. The Morgan fingerprint density at radius 2 is 1.67 bits per heavy atom. The summed E-state index contributed by atoms with van der Waals surface area (Å²) in [5.41, 5.74) is 2.44. The Morgan fingerprint density at radius 1 is 1.00 bits per heavy atom. The zero-order valence-corrected chi connectivity index (χ0v) is 15.5. The highest BCUT2D eigenvalue weighted by molar-refractivity contribution is 5.93. The molecule has 1 aliphatic heterocycles. The predicted molar refractivity (Wildman–Crippen MR) is 103 cm³/mol. The fraction of sp³-hybridized carbons (Fsp3) is 0.300. The van der Waals surface area contributed by atoms with Crippen LogP contribution in [0.1, 0.15) is 19.4 Å². The molecule has 0 aliphatic carbocycles. The number of ether oxygens (including phenoxy) is 2. The molecule has 2 amide bonds. The van der Waals surface area contributed by atoms with Crippen molar-refractivity contribution < 1.29 is 19.1 Å². The van der Waals surface area contributed by atoms with E-state index in [1.807, 2.05) is 30.0 Å². The van der Waals surface area contributed by atoms with Crippen molar-refractivity contribution in [3.8, 4) is 11.5 Å². The lowest BCUT2D eigenvalue weighted by Gasteiger charge is -2.20. The Bertz CT molecular complexity index is 820. The molecule has 0 spiro atoms. The Labute approximate surface area is 158 Å². The quantitative estimate of drug-likeness (QED) is 0.785. The highest BCUT2D eigenvalue weighted by Gasteiger charge is 2.15. The summed E-state index contributed by atoms with van der Waals surface area (Å²) < 4.78 is 10.7. The molecular weight excluding hydrogens is 346 g/mol. The van der Waals surface area contributed by atoms with Crippen LogP contribution in [-0.2, 0) is 16.1 Å². The van der Waals surface area contributed by atoms with Gasteiger partial charge >= 0.3 is 0 Å². The van der Waals surface area contributed by atoms with E-state index in [0.717, 1.165) is 23.6 Å². The van der Waals surface area contributed by atoms with Crippen LogP contribution >= 0.6 is 0 Å². The molecule has 0 fully saturated rings. The van der Waals surface area contributed by atoms with Crippen LogP contribution in [0.4, 0.5) is 11.4 Å². The summed E-state index contributed by atoms with van der Waals surface area (Å²) in [6, 6.07) is 12.8. The molecule has 2 N–H and O–H groups in total. The molecule has 27 heavy (non-hydrogen) atoms. The van der Waals surface area contributed by atoms with Gasteiger partial charge in [-0.25, -0.2) is 0 Å². The first-order valence-corrected chi connectivity index (χ1v) is 8.82. The smallest absolute Gasteiger partial charge is 0.238 e. The SMILES string of the molecule is CCN(CC(=O)Nc1ccc(NC(C)=O)cc1)Cc1ccc2c(c1)OCO2. The Morgan fingerprint density at radius 3 is 2.33 bits per heavy atom. The second-order valence-corrected chi connectivity index (χ2v) is 6.30. The third-order valence-electron chi connectivity index (χ3n) is 4.15. The number of anilines is 2. The van der Waals surface area contributed by atoms with Crippen molar-refractivity contribution in [2.75, 3.05) is 30.5 Å². The fourth-order valence-electron chi connectivity index (χ4n) is 2.82. The second-order valence-electron chi connectivity index (χ2n) is 6.30. The van der Waals surface area contributed by atoms with Crippen molar-refractivity contribution in [1.82, 2.24) is 4.90 Å². The van der Waals surface area contributed by atoms with E-state index in [4.69, 9.17) is 9.47 Å². The summed E-state index contributed by atoms with van der Waals surface area (Å²) in [5.74, 6) is 1.27. The van der Waals surface area contributed by atoms with Gasteiger partial charge in [0.1, 0.15) is 0 Å². The van der Waals surface area contributed by atoms with Crippen molar-refractivity contribution in [3.63, 3.8) is 0 Å². The zero-order chi connectivity index (χ0) is 19.2. The van der Waals surface area contributed by atoms with Gasteiger partial charge in [-0.3, -0.25) is 14.5 Å². The largest absolute Gasteiger partial charge is 0.454 e. The molecule has 1 heterocycles. The molecule has 0 saturated carbocycles. The third-order valence-corrected chi connectivity index (χ3v) is 4.15. The maximum Gasteiger partial charge on any atom is 0.238 e. The highest BCUT2D eigenvalue weighted by atomic mass is 16.7. The average molecular weight is 369 g/mol. The monoisotopic (exact) mass is 369 g/mol. The number of carbonyl (C=O) groups is 2. The van der Waals surface area contributed by atoms with Crippen molar-refractivity contribution >= 4 is 23.2 Å². The molecule has 0 bridgehead atoms. The van der Waals surface area contributed by atoms with Crippen molar-refractivity contribution in [2.24, 2.45) is 0 Å². The predicted octanol–water partition coefficient (Wildman–Crippen LogP) is 2.83. The van der Waals surface area contributed by atoms with Crippen LogP contribution in [0.3, 0.4) is 0 Å². The van der Waals surface area contributed by atoms with E-state index < -0.39 is 0 Å². The van der Waals surface area contributed by atoms with Crippen LogP contribution < -0.4 is 20.1 Å². The van der Waals surface area contributed by atoms with Crippen LogP contribution in [0.5, 0.6) is 11.5 Å². The molecule has 2 aromatic carbocycles. The van der Waals surface area contributed by atoms with Crippen LogP contribution in [0.25, 0.3) is 0 Å². The molecule has 3 rings (SSSR count). The first-order chi connectivity index (χ1) is 13.0. The molecule has 0 unspecified atom stereocenters. The van der Waals surface area contributed by atoms with Crippen LogP contribution in [-0.4, -0.2) is 36.6 Å². The van der Waals surface area contributed by atoms with E-state index in [1.54, 1.807) is 24.3 Å². The summed E-state index contributed by atoms with van der Waals surface area (Å²) in [7, 11) is 0. The van der Waals surface area contributed by atoms with Crippen molar-refractivity contribution in [1.29, 1.82) is 0 Å².